The van der Waals surface area contributed by atoms with Gasteiger partial charge < -0.3 is 15.2 Å². The topological polar surface area (TPSA) is 44.5 Å². The Balaban J connectivity index is 2.89. The van der Waals surface area contributed by atoms with Crippen LogP contribution in [0.2, 0.25) is 0 Å². The molecule has 3 heteroatoms. The van der Waals surface area contributed by atoms with Crippen molar-refractivity contribution in [3.8, 4) is 23.8 Å². The van der Waals surface area contributed by atoms with Crippen LogP contribution in [0.4, 0.5) is 0 Å². The Kier molecular flexibility index (Phi) is 5.38. The van der Waals surface area contributed by atoms with Crippen LogP contribution in [0, 0.1) is 12.3 Å². The van der Waals surface area contributed by atoms with Crippen molar-refractivity contribution in [1.29, 1.82) is 0 Å². The zero-order valence-electron chi connectivity index (χ0n) is 10.4. The highest BCUT2D eigenvalue weighted by Gasteiger charge is 2.09. The second-order valence-electron chi connectivity index (χ2n) is 3.84. The van der Waals surface area contributed by atoms with Gasteiger partial charge in [-0.3, -0.25) is 0 Å². The van der Waals surface area contributed by atoms with E-state index in [9.17, 15) is 0 Å². The van der Waals surface area contributed by atoms with E-state index in [2.05, 4.69) is 12.8 Å². The Labute approximate surface area is 103 Å². The van der Waals surface area contributed by atoms with Crippen LogP contribution >= 0.6 is 0 Å². The van der Waals surface area contributed by atoms with Gasteiger partial charge in [-0.05, 0) is 24.5 Å². The van der Waals surface area contributed by atoms with Crippen molar-refractivity contribution in [2.24, 2.45) is 5.73 Å². The summed E-state index contributed by atoms with van der Waals surface area (Å²) in [5.41, 5.74) is 7.01. The van der Waals surface area contributed by atoms with E-state index in [1.54, 1.807) is 7.11 Å². The third-order valence-corrected chi connectivity index (χ3v) is 2.59. The molecule has 1 atom stereocenters. The molecule has 0 radical (unpaired) electrons. The minimum Gasteiger partial charge on any atom is -0.497 e. The van der Waals surface area contributed by atoms with Crippen LogP contribution in [0.5, 0.6) is 11.5 Å². The summed E-state index contributed by atoms with van der Waals surface area (Å²) in [4.78, 5) is 0. The van der Waals surface area contributed by atoms with E-state index in [1.807, 2.05) is 18.2 Å². The molecule has 1 unspecified atom stereocenters. The lowest BCUT2D eigenvalue weighted by molar-refractivity contribution is 0.358. The Morgan fingerprint density at radius 1 is 1.47 bits per heavy atom. The van der Waals surface area contributed by atoms with E-state index in [-0.39, 0.29) is 12.6 Å². The first-order valence-corrected chi connectivity index (χ1v) is 5.70. The predicted molar refractivity (Wildman–Crippen MR) is 69.3 cm³/mol. The van der Waals surface area contributed by atoms with Crippen molar-refractivity contribution in [2.75, 3.05) is 13.7 Å². The van der Waals surface area contributed by atoms with Gasteiger partial charge in [0.1, 0.15) is 18.1 Å². The zero-order chi connectivity index (χ0) is 12.7. The van der Waals surface area contributed by atoms with Crippen LogP contribution in [0.25, 0.3) is 0 Å². The van der Waals surface area contributed by atoms with Gasteiger partial charge >= 0.3 is 0 Å². The van der Waals surface area contributed by atoms with Gasteiger partial charge in [-0.15, -0.1) is 6.42 Å². The molecule has 0 saturated carbocycles. The number of hydrogen-bond donors (Lipinski definition) is 1. The Morgan fingerprint density at radius 3 is 2.82 bits per heavy atom. The maximum atomic E-state index is 5.95. The SMILES string of the molecule is C#CCOc1cc(OC)ccc1CC(N)CC. The first kappa shape index (κ1) is 13.4. The van der Waals surface area contributed by atoms with Crippen molar-refractivity contribution in [2.45, 2.75) is 25.8 Å². The maximum absolute atomic E-state index is 5.95. The van der Waals surface area contributed by atoms with E-state index >= 15 is 0 Å². The molecular weight excluding hydrogens is 214 g/mol. The molecule has 0 saturated heterocycles. The smallest absolute Gasteiger partial charge is 0.148 e. The second-order valence-corrected chi connectivity index (χ2v) is 3.84. The molecule has 0 fully saturated rings. The molecule has 3 nitrogen and oxygen atoms in total. The lowest BCUT2D eigenvalue weighted by Gasteiger charge is -2.14. The number of methoxy groups -OCH3 is 1. The number of hydrogen-bond acceptors (Lipinski definition) is 3. The third kappa shape index (κ3) is 4.01. The third-order valence-electron chi connectivity index (χ3n) is 2.59. The average molecular weight is 233 g/mol. The minimum absolute atomic E-state index is 0.136. The van der Waals surface area contributed by atoms with E-state index in [1.165, 1.54) is 0 Å². The fourth-order valence-corrected chi connectivity index (χ4v) is 1.51. The lowest BCUT2D eigenvalue weighted by Crippen LogP contribution is -2.21. The Morgan fingerprint density at radius 2 is 2.24 bits per heavy atom. The van der Waals surface area contributed by atoms with Crippen molar-refractivity contribution < 1.29 is 9.47 Å². The van der Waals surface area contributed by atoms with Crippen LogP contribution in [0.1, 0.15) is 18.9 Å². The monoisotopic (exact) mass is 233 g/mol. The molecule has 0 amide bonds. The average Bonchev–Trinajstić information content (AvgIpc) is 2.37. The van der Waals surface area contributed by atoms with Gasteiger partial charge in [0.2, 0.25) is 0 Å². The molecule has 0 spiro atoms. The Hall–Kier alpha value is -1.66. The number of ether oxygens (including phenoxy) is 2. The highest BCUT2D eigenvalue weighted by Crippen LogP contribution is 2.26. The van der Waals surface area contributed by atoms with Crippen molar-refractivity contribution in [3.05, 3.63) is 23.8 Å². The summed E-state index contributed by atoms with van der Waals surface area (Å²) in [7, 11) is 1.62. The number of benzene rings is 1. The zero-order valence-corrected chi connectivity index (χ0v) is 10.4. The van der Waals surface area contributed by atoms with Gasteiger partial charge in [-0.25, -0.2) is 0 Å². The summed E-state index contributed by atoms with van der Waals surface area (Å²) in [5.74, 6) is 3.97. The van der Waals surface area contributed by atoms with Crippen LogP contribution in [-0.2, 0) is 6.42 Å². The highest BCUT2D eigenvalue weighted by molar-refractivity contribution is 5.41. The van der Waals surface area contributed by atoms with E-state index in [0.29, 0.717) is 0 Å². The van der Waals surface area contributed by atoms with Crippen molar-refractivity contribution in [3.63, 3.8) is 0 Å². The molecule has 0 heterocycles. The summed E-state index contributed by atoms with van der Waals surface area (Å²) in [6.45, 7) is 2.32. The summed E-state index contributed by atoms with van der Waals surface area (Å²) >= 11 is 0. The maximum Gasteiger partial charge on any atom is 0.148 e. The molecule has 0 aliphatic heterocycles. The summed E-state index contributed by atoms with van der Waals surface area (Å²) in [5, 5.41) is 0. The van der Waals surface area contributed by atoms with Gasteiger partial charge in [-0.2, -0.15) is 0 Å². The molecule has 1 aromatic carbocycles. The predicted octanol–water partition coefficient (Wildman–Crippen LogP) is 1.99. The van der Waals surface area contributed by atoms with Crippen LogP contribution in [0.3, 0.4) is 0 Å². The van der Waals surface area contributed by atoms with Crippen molar-refractivity contribution >= 4 is 0 Å². The van der Waals surface area contributed by atoms with Crippen LogP contribution in [0.15, 0.2) is 18.2 Å². The highest BCUT2D eigenvalue weighted by atomic mass is 16.5. The molecule has 0 aliphatic carbocycles. The first-order valence-electron chi connectivity index (χ1n) is 5.70. The van der Waals surface area contributed by atoms with Gasteiger partial charge in [0.15, 0.2) is 0 Å². The van der Waals surface area contributed by atoms with Gasteiger partial charge in [0, 0.05) is 12.1 Å². The summed E-state index contributed by atoms with van der Waals surface area (Å²) < 4.78 is 10.7. The second kappa shape index (κ2) is 6.82. The fraction of sp³-hybridized carbons (Fsp3) is 0.429. The molecule has 1 aromatic rings. The molecule has 0 aromatic heterocycles. The first-order chi connectivity index (χ1) is 8.21. The van der Waals surface area contributed by atoms with Crippen molar-refractivity contribution in [1.82, 2.24) is 0 Å². The van der Waals surface area contributed by atoms with Gasteiger partial charge in [0.25, 0.3) is 0 Å². The number of rotatable bonds is 6. The van der Waals surface area contributed by atoms with Crippen LogP contribution < -0.4 is 15.2 Å². The molecule has 17 heavy (non-hydrogen) atoms. The molecule has 0 bridgehead atoms. The molecule has 92 valence electrons. The summed E-state index contributed by atoms with van der Waals surface area (Å²) in [6, 6.07) is 5.85. The molecule has 1 rings (SSSR count). The number of nitrogens with two attached hydrogens (primary N) is 1. The van der Waals surface area contributed by atoms with E-state index < -0.39 is 0 Å². The lowest BCUT2D eigenvalue weighted by atomic mass is 10.0. The normalized spacial score (nSPS) is 11.6. The minimum atomic E-state index is 0.136. The molecule has 0 aliphatic rings. The van der Waals surface area contributed by atoms with E-state index in [4.69, 9.17) is 21.6 Å². The fourth-order valence-electron chi connectivity index (χ4n) is 1.51. The Bertz CT molecular complexity index is 396. The number of terminal acetylenes is 1. The summed E-state index contributed by atoms with van der Waals surface area (Å²) in [6.07, 6.45) is 6.90. The molecule has 2 N–H and O–H groups in total. The van der Waals surface area contributed by atoms with Crippen LogP contribution in [-0.4, -0.2) is 19.8 Å². The standard InChI is InChI=1S/C14H19NO2/c1-4-8-17-14-10-13(16-3)7-6-11(14)9-12(15)5-2/h1,6-7,10,12H,5,8-9,15H2,2-3H3. The quantitative estimate of drug-likeness (QED) is 0.764. The van der Waals surface area contributed by atoms with Gasteiger partial charge in [0.05, 0.1) is 7.11 Å². The van der Waals surface area contributed by atoms with Gasteiger partial charge in [-0.1, -0.05) is 18.9 Å². The largest absolute Gasteiger partial charge is 0.497 e. The van der Waals surface area contributed by atoms with E-state index in [0.717, 1.165) is 29.9 Å². The molecular formula is C14H19NO2.